The molecule has 78 valence electrons. The van der Waals surface area contributed by atoms with E-state index in [1.165, 1.54) is 0 Å². The topological polar surface area (TPSA) is 60.6 Å². The molecule has 0 saturated heterocycles. The summed E-state index contributed by atoms with van der Waals surface area (Å²) in [6, 6.07) is 0.442. The maximum absolute atomic E-state index is 12.2. The number of nitrogens with zero attached hydrogens (tertiary/aromatic N) is 1. The lowest BCUT2D eigenvalue weighted by Crippen LogP contribution is -2.99. The van der Waals surface area contributed by atoms with Crippen LogP contribution in [-0.4, -0.2) is 10.2 Å². The van der Waals surface area contributed by atoms with Gasteiger partial charge in [0.1, 0.15) is 5.15 Å². The van der Waals surface area contributed by atoms with E-state index in [9.17, 15) is 18.4 Å². The Labute approximate surface area is 81.1 Å². The number of aromatic nitrogens is 1. The number of pyridine rings is 1. The van der Waals surface area contributed by atoms with Gasteiger partial charge in [-0.25, -0.2) is 10.2 Å². The van der Waals surface area contributed by atoms with Crippen molar-refractivity contribution in [1.82, 2.24) is 4.98 Å². The standard InChI is InChI=1S/C6H4ClF3N2O2/c7-5-4(6(8,9)10)1-3(2-11-5)12(13)14/h1-2,12-13H. The van der Waals surface area contributed by atoms with E-state index in [-0.39, 0.29) is 0 Å². The molecule has 1 rings (SSSR count). The second-order valence-electron chi connectivity index (χ2n) is 2.37. The monoisotopic (exact) mass is 228 g/mol. The van der Waals surface area contributed by atoms with Crippen molar-refractivity contribution < 1.29 is 23.6 Å². The van der Waals surface area contributed by atoms with E-state index in [2.05, 4.69) is 4.98 Å². The summed E-state index contributed by atoms with van der Waals surface area (Å²) < 4.78 is 36.5. The van der Waals surface area contributed by atoms with E-state index in [1.54, 1.807) is 0 Å². The second-order valence-corrected chi connectivity index (χ2v) is 2.72. The van der Waals surface area contributed by atoms with Gasteiger partial charge in [-0.3, -0.25) is 0 Å². The van der Waals surface area contributed by atoms with Gasteiger partial charge in [-0.2, -0.15) is 18.4 Å². The number of quaternary nitrogens is 1. The highest BCUT2D eigenvalue weighted by atomic mass is 35.5. The van der Waals surface area contributed by atoms with Crippen LogP contribution in [0.25, 0.3) is 0 Å². The van der Waals surface area contributed by atoms with Crippen molar-refractivity contribution in [3.8, 4) is 0 Å². The lowest BCUT2D eigenvalue weighted by Gasteiger charge is -2.13. The fourth-order valence-corrected chi connectivity index (χ4v) is 0.974. The summed E-state index contributed by atoms with van der Waals surface area (Å²) in [7, 11) is 0. The Bertz CT molecular complexity index is 342. The van der Waals surface area contributed by atoms with Crippen LogP contribution < -0.4 is 5.23 Å². The van der Waals surface area contributed by atoms with Gasteiger partial charge < -0.3 is 5.21 Å². The number of alkyl halides is 3. The molecule has 2 N–H and O–H groups in total. The molecule has 1 atom stereocenters. The number of hydrogen-bond acceptors (Lipinski definition) is 3. The normalized spacial score (nSPS) is 14.1. The summed E-state index contributed by atoms with van der Waals surface area (Å²) >= 11 is 5.16. The lowest BCUT2D eigenvalue weighted by atomic mass is 10.2. The Morgan fingerprint density at radius 3 is 2.50 bits per heavy atom. The molecule has 0 aliphatic heterocycles. The first kappa shape index (κ1) is 11.2. The van der Waals surface area contributed by atoms with Gasteiger partial charge in [-0.1, -0.05) is 11.6 Å². The summed E-state index contributed by atoms with van der Waals surface area (Å²) in [5, 5.41) is 16.5. The van der Waals surface area contributed by atoms with E-state index in [4.69, 9.17) is 16.8 Å². The summed E-state index contributed by atoms with van der Waals surface area (Å²) in [6.45, 7) is 0. The zero-order valence-corrected chi connectivity index (χ0v) is 7.23. The number of halogens is 4. The molecular formula is C6H4ClF3N2O2. The Morgan fingerprint density at radius 1 is 1.50 bits per heavy atom. The largest absolute Gasteiger partial charge is 0.595 e. The quantitative estimate of drug-likeness (QED) is 0.560. The Hall–Kier alpha value is -0.890. The van der Waals surface area contributed by atoms with E-state index in [1.807, 2.05) is 0 Å². The Kier molecular flexibility index (Phi) is 2.95. The average molecular weight is 229 g/mol. The van der Waals surface area contributed by atoms with Crippen LogP contribution in [0.4, 0.5) is 18.9 Å². The maximum Gasteiger partial charge on any atom is 0.419 e. The third-order valence-corrected chi connectivity index (χ3v) is 1.69. The fourth-order valence-electron chi connectivity index (χ4n) is 0.764. The van der Waals surface area contributed by atoms with Crippen LogP contribution >= 0.6 is 11.6 Å². The molecule has 0 radical (unpaired) electrons. The summed E-state index contributed by atoms with van der Waals surface area (Å²) in [4.78, 5) is 3.13. The molecule has 1 aromatic heterocycles. The first-order chi connectivity index (χ1) is 6.32. The molecule has 1 heterocycles. The first-order valence-electron chi connectivity index (χ1n) is 3.28. The van der Waals surface area contributed by atoms with Gasteiger partial charge in [0, 0.05) is 6.07 Å². The van der Waals surface area contributed by atoms with Crippen molar-refractivity contribution in [2.24, 2.45) is 0 Å². The predicted octanol–water partition coefficient (Wildman–Crippen LogP) is 1.16. The molecule has 8 heteroatoms. The van der Waals surface area contributed by atoms with Gasteiger partial charge in [0.05, 0.1) is 11.8 Å². The molecule has 14 heavy (non-hydrogen) atoms. The first-order valence-corrected chi connectivity index (χ1v) is 3.66. The van der Waals surface area contributed by atoms with Crippen LogP contribution in [0.1, 0.15) is 5.56 Å². The molecule has 0 bridgehead atoms. The van der Waals surface area contributed by atoms with Gasteiger partial charge in [-0.05, 0) is 0 Å². The van der Waals surface area contributed by atoms with Crippen molar-refractivity contribution in [3.05, 3.63) is 28.2 Å². The number of rotatable bonds is 1. The van der Waals surface area contributed by atoms with Crippen LogP contribution in [0.15, 0.2) is 12.3 Å². The molecule has 0 aliphatic carbocycles. The van der Waals surface area contributed by atoms with E-state index in [0.29, 0.717) is 6.07 Å². The summed E-state index contributed by atoms with van der Waals surface area (Å²) in [5.74, 6) is 0. The molecule has 1 unspecified atom stereocenters. The van der Waals surface area contributed by atoms with Crippen LogP contribution in [-0.2, 0) is 6.18 Å². The maximum atomic E-state index is 12.2. The van der Waals surface area contributed by atoms with Crippen molar-refractivity contribution in [2.75, 3.05) is 0 Å². The molecule has 0 amide bonds. The predicted molar refractivity (Wildman–Crippen MR) is 40.0 cm³/mol. The Morgan fingerprint density at radius 2 is 2.07 bits per heavy atom. The van der Waals surface area contributed by atoms with Crippen LogP contribution in [0.2, 0.25) is 5.15 Å². The minimum absolute atomic E-state index is 0.442. The Balaban J connectivity index is 3.22. The number of nitrogens with one attached hydrogen (secondary N) is 1. The minimum Gasteiger partial charge on any atom is -0.595 e. The van der Waals surface area contributed by atoms with Crippen LogP contribution in [0.5, 0.6) is 0 Å². The molecular weight excluding hydrogens is 225 g/mol. The third kappa shape index (κ3) is 2.32. The second kappa shape index (κ2) is 3.70. The van der Waals surface area contributed by atoms with Crippen molar-refractivity contribution >= 4 is 17.3 Å². The third-order valence-electron chi connectivity index (χ3n) is 1.39. The van der Waals surface area contributed by atoms with Crippen LogP contribution in [0.3, 0.4) is 0 Å². The highest BCUT2D eigenvalue weighted by Gasteiger charge is 2.35. The van der Waals surface area contributed by atoms with Crippen LogP contribution in [0, 0.1) is 5.21 Å². The van der Waals surface area contributed by atoms with E-state index < -0.39 is 27.8 Å². The molecule has 1 aromatic rings. The van der Waals surface area contributed by atoms with Gasteiger partial charge in [0.15, 0.2) is 5.69 Å². The lowest BCUT2D eigenvalue weighted by molar-refractivity contribution is -0.991. The summed E-state index contributed by atoms with van der Waals surface area (Å²) in [6.07, 6.45) is -3.94. The number of hydrogen-bond donors (Lipinski definition) is 2. The van der Waals surface area contributed by atoms with E-state index in [0.717, 1.165) is 6.20 Å². The van der Waals surface area contributed by atoms with Crippen molar-refractivity contribution in [3.63, 3.8) is 0 Å². The van der Waals surface area contributed by atoms with E-state index >= 15 is 0 Å². The minimum atomic E-state index is -4.70. The molecule has 4 nitrogen and oxygen atoms in total. The summed E-state index contributed by atoms with van der Waals surface area (Å²) in [5.41, 5.74) is -1.80. The molecule has 0 saturated carbocycles. The smallest absolute Gasteiger partial charge is 0.419 e. The van der Waals surface area contributed by atoms with Gasteiger partial charge in [0.2, 0.25) is 0 Å². The fraction of sp³-hybridized carbons (Fsp3) is 0.167. The van der Waals surface area contributed by atoms with Gasteiger partial charge in [0.25, 0.3) is 0 Å². The molecule has 0 spiro atoms. The van der Waals surface area contributed by atoms with Crippen molar-refractivity contribution in [1.29, 1.82) is 0 Å². The zero-order chi connectivity index (χ0) is 10.9. The highest BCUT2D eigenvalue weighted by Crippen LogP contribution is 2.34. The van der Waals surface area contributed by atoms with Crippen molar-refractivity contribution in [2.45, 2.75) is 6.18 Å². The zero-order valence-electron chi connectivity index (χ0n) is 6.47. The highest BCUT2D eigenvalue weighted by molar-refractivity contribution is 6.30. The van der Waals surface area contributed by atoms with Gasteiger partial charge in [-0.15, -0.1) is 0 Å². The average Bonchev–Trinajstić information content (AvgIpc) is 2.02. The molecule has 0 aliphatic rings. The SMILES string of the molecule is [O-][NH+](O)c1cnc(Cl)c(C(F)(F)F)c1. The molecule has 0 fully saturated rings. The van der Waals surface area contributed by atoms with Gasteiger partial charge >= 0.3 is 6.18 Å². The molecule has 0 aromatic carbocycles.